The SMILES string of the molecule is Cl.O=C(CN1CCCC1C(=O)O)NC(=O)NC1CC1. The lowest BCUT2D eigenvalue weighted by Gasteiger charge is -2.19. The molecule has 1 aliphatic heterocycles. The number of nitrogens with one attached hydrogen (secondary N) is 2. The number of hydrogen-bond donors (Lipinski definition) is 3. The molecule has 2 rings (SSSR count). The minimum absolute atomic E-state index is 0. The number of carboxylic acid groups (broad SMARTS) is 1. The van der Waals surface area contributed by atoms with E-state index in [1.807, 2.05) is 0 Å². The summed E-state index contributed by atoms with van der Waals surface area (Å²) in [4.78, 5) is 35.4. The molecule has 2 fully saturated rings. The molecule has 0 radical (unpaired) electrons. The molecule has 0 spiro atoms. The number of likely N-dealkylation sites (tertiary alicyclic amines) is 1. The van der Waals surface area contributed by atoms with Gasteiger partial charge in [-0.25, -0.2) is 4.79 Å². The Morgan fingerprint density at radius 3 is 2.47 bits per heavy atom. The molecular formula is C11H18ClN3O4. The van der Waals surface area contributed by atoms with Crippen LogP contribution in [0, 0.1) is 0 Å². The van der Waals surface area contributed by atoms with Gasteiger partial charge in [-0.1, -0.05) is 0 Å². The third kappa shape index (κ3) is 4.68. The fraction of sp³-hybridized carbons (Fsp3) is 0.727. The van der Waals surface area contributed by atoms with Crippen LogP contribution in [0.3, 0.4) is 0 Å². The highest BCUT2D eigenvalue weighted by Crippen LogP contribution is 2.18. The van der Waals surface area contributed by atoms with Crippen LogP contribution in [0.15, 0.2) is 0 Å². The molecule has 0 aromatic carbocycles. The van der Waals surface area contributed by atoms with Crippen LogP contribution < -0.4 is 10.6 Å². The summed E-state index contributed by atoms with van der Waals surface area (Å²) in [6.45, 7) is 0.531. The van der Waals surface area contributed by atoms with E-state index in [0.29, 0.717) is 13.0 Å². The number of nitrogens with zero attached hydrogens (tertiary/aromatic N) is 1. The molecular weight excluding hydrogens is 274 g/mol. The van der Waals surface area contributed by atoms with Crippen molar-refractivity contribution in [2.45, 2.75) is 37.8 Å². The van der Waals surface area contributed by atoms with Gasteiger partial charge in [-0.3, -0.25) is 19.8 Å². The van der Waals surface area contributed by atoms with Gasteiger partial charge in [0, 0.05) is 6.04 Å². The molecule has 1 saturated carbocycles. The van der Waals surface area contributed by atoms with Crippen molar-refractivity contribution >= 4 is 30.3 Å². The highest BCUT2D eigenvalue weighted by atomic mass is 35.5. The van der Waals surface area contributed by atoms with Crippen molar-refractivity contribution in [2.24, 2.45) is 0 Å². The quantitative estimate of drug-likeness (QED) is 0.674. The lowest BCUT2D eigenvalue weighted by atomic mass is 10.2. The third-order valence-corrected chi connectivity index (χ3v) is 3.16. The first-order valence-electron chi connectivity index (χ1n) is 6.13. The minimum Gasteiger partial charge on any atom is -0.480 e. The van der Waals surface area contributed by atoms with Crippen molar-refractivity contribution in [1.29, 1.82) is 0 Å². The largest absolute Gasteiger partial charge is 0.480 e. The Kier molecular flexibility index (Phi) is 5.56. The number of rotatable bonds is 4. The molecule has 108 valence electrons. The average molecular weight is 292 g/mol. The highest BCUT2D eigenvalue weighted by molar-refractivity contribution is 5.95. The van der Waals surface area contributed by atoms with Crippen LogP contribution in [0.1, 0.15) is 25.7 Å². The van der Waals surface area contributed by atoms with Gasteiger partial charge in [-0.2, -0.15) is 0 Å². The van der Waals surface area contributed by atoms with Gasteiger partial charge >= 0.3 is 12.0 Å². The Balaban J connectivity index is 0.00000180. The topological polar surface area (TPSA) is 98.7 Å². The van der Waals surface area contributed by atoms with Crippen LogP contribution in [0.4, 0.5) is 4.79 Å². The lowest BCUT2D eigenvalue weighted by Crippen LogP contribution is -2.47. The molecule has 1 saturated heterocycles. The standard InChI is InChI=1S/C11H17N3O4.ClH/c15-9(13-11(18)12-7-3-4-7)6-14-5-1-2-8(14)10(16)17;/h7-8H,1-6H2,(H,16,17)(H2,12,13,15,18);1H. The first-order chi connectivity index (χ1) is 8.56. The maximum absolute atomic E-state index is 11.6. The number of amides is 3. The van der Waals surface area contributed by atoms with E-state index in [1.165, 1.54) is 0 Å². The highest BCUT2D eigenvalue weighted by Gasteiger charge is 2.32. The zero-order chi connectivity index (χ0) is 13.1. The Labute approximate surface area is 117 Å². The van der Waals surface area contributed by atoms with Gasteiger partial charge in [-0.05, 0) is 32.2 Å². The number of carboxylic acids is 1. The van der Waals surface area contributed by atoms with Crippen molar-refractivity contribution in [1.82, 2.24) is 15.5 Å². The Morgan fingerprint density at radius 2 is 1.89 bits per heavy atom. The zero-order valence-corrected chi connectivity index (χ0v) is 11.2. The molecule has 3 amide bonds. The van der Waals surface area contributed by atoms with E-state index in [9.17, 15) is 14.4 Å². The zero-order valence-electron chi connectivity index (χ0n) is 10.4. The number of aliphatic carboxylic acids is 1. The van der Waals surface area contributed by atoms with Crippen molar-refractivity contribution in [2.75, 3.05) is 13.1 Å². The lowest BCUT2D eigenvalue weighted by molar-refractivity contribution is -0.142. The summed E-state index contributed by atoms with van der Waals surface area (Å²) in [5, 5.41) is 13.8. The van der Waals surface area contributed by atoms with Crippen molar-refractivity contribution in [3.05, 3.63) is 0 Å². The minimum atomic E-state index is -0.914. The van der Waals surface area contributed by atoms with Gasteiger partial charge < -0.3 is 10.4 Å². The molecule has 0 bridgehead atoms. The normalized spacial score (nSPS) is 22.4. The Hall–Kier alpha value is -1.34. The van der Waals surface area contributed by atoms with Crippen LogP contribution >= 0.6 is 12.4 Å². The number of carbonyl (C=O) groups is 3. The van der Waals surface area contributed by atoms with Crippen molar-refractivity contribution in [3.63, 3.8) is 0 Å². The smallest absolute Gasteiger partial charge is 0.321 e. The summed E-state index contributed by atoms with van der Waals surface area (Å²) in [5.74, 6) is -1.37. The first kappa shape index (κ1) is 15.7. The second-order valence-electron chi connectivity index (χ2n) is 4.76. The number of imide groups is 1. The molecule has 0 aromatic rings. The molecule has 8 heteroatoms. The Morgan fingerprint density at radius 1 is 1.21 bits per heavy atom. The van der Waals surface area contributed by atoms with Gasteiger partial charge in [0.05, 0.1) is 6.54 Å². The van der Waals surface area contributed by atoms with E-state index in [-0.39, 0.29) is 25.0 Å². The first-order valence-corrected chi connectivity index (χ1v) is 6.13. The van der Waals surface area contributed by atoms with Gasteiger partial charge in [0.2, 0.25) is 5.91 Å². The van der Waals surface area contributed by atoms with Crippen molar-refractivity contribution < 1.29 is 19.5 Å². The van der Waals surface area contributed by atoms with Crippen molar-refractivity contribution in [3.8, 4) is 0 Å². The third-order valence-electron chi connectivity index (χ3n) is 3.16. The summed E-state index contributed by atoms with van der Waals surface area (Å²) in [6, 6.07) is -0.910. The van der Waals surface area contributed by atoms with Gasteiger partial charge in [0.1, 0.15) is 6.04 Å². The molecule has 19 heavy (non-hydrogen) atoms. The number of urea groups is 1. The number of hydrogen-bond acceptors (Lipinski definition) is 4. The second-order valence-corrected chi connectivity index (χ2v) is 4.76. The van der Waals surface area contributed by atoms with Crippen LogP contribution in [0.5, 0.6) is 0 Å². The molecule has 1 unspecified atom stereocenters. The predicted molar refractivity (Wildman–Crippen MR) is 69.2 cm³/mol. The van der Waals surface area contributed by atoms with E-state index in [2.05, 4.69) is 10.6 Å². The van der Waals surface area contributed by atoms with Gasteiger partial charge in [0.25, 0.3) is 0 Å². The summed E-state index contributed by atoms with van der Waals surface area (Å²) in [6.07, 6.45) is 3.22. The van der Waals surface area contributed by atoms with Gasteiger partial charge in [0.15, 0.2) is 0 Å². The maximum atomic E-state index is 11.6. The Bertz CT molecular complexity index is 373. The average Bonchev–Trinajstić information content (AvgIpc) is 2.94. The monoisotopic (exact) mass is 291 g/mol. The van der Waals surface area contributed by atoms with Gasteiger partial charge in [-0.15, -0.1) is 12.4 Å². The van der Waals surface area contributed by atoms with E-state index < -0.39 is 23.9 Å². The van der Waals surface area contributed by atoms with E-state index in [4.69, 9.17) is 5.11 Å². The fourth-order valence-corrected chi connectivity index (χ4v) is 2.09. The van der Waals surface area contributed by atoms with Crippen LogP contribution in [0.25, 0.3) is 0 Å². The van der Waals surface area contributed by atoms with Crippen LogP contribution in [-0.2, 0) is 9.59 Å². The summed E-state index contributed by atoms with van der Waals surface area (Å²) in [7, 11) is 0. The predicted octanol–water partition coefficient (Wildman–Crippen LogP) is -0.0546. The van der Waals surface area contributed by atoms with Crippen LogP contribution in [0.2, 0.25) is 0 Å². The number of halogens is 1. The molecule has 0 aromatic heterocycles. The van der Waals surface area contributed by atoms with E-state index in [0.717, 1.165) is 19.3 Å². The van der Waals surface area contributed by atoms with Crippen LogP contribution in [-0.4, -0.2) is 53.1 Å². The number of carbonyl (C=O) groups excluding carboxylic acids is 2. The fourth-order valence-electron chi connectivity index (χ4n) is 2.09. The molecule has 1 atom stereocenters. The summed E-state index contributed by atoms with van der Waals surface area (Å²) >= 11 is 0. The summed E-state index contributed by atoms with van der Waals surface area (Å²) in [5.41, 5.74) is 0. The van der Waals surface area contributed by atoms with E-state index in [1.54, 1.807) is 4.90 Å². The second kappa shape index (κ2) is 6.72. The molecule has 1 heterocycles. The molecule has 1 aliphatic carbocycles. The molecule has 3 N–H and O–H groups in total. The summed E-state index contributed by atoms with van der Waals surface area (Å²) < 4.78 is 0. The molecule has 7 nitrogen and oxygen atoms in total. The maximum Gasteiger partial charge on any atom is 0.321 e. The van der Waals surface area contributed by atoms with E-state index >= 15 is 0 Å². The molecule has 2 aliphatic rings.